The van der Waals surface area contributed by atoms with Gasteiger partial charge in [0.25, 0.3) is 0 Å². The van der Waals surface area contributed by atoms with E-state index in [1.165, 1.54) is 19.3 Å². The topological polar surface area (TPSA) is 76.7 Å². The molecule has 0 saturated heterocycles. The SMILES string of the molecule is CN=C(N)NC(C=O)(COc1cccc2ccccc12)CC1CCCCC1. The molecule has 3 rings (SSSR count). The first kappa shape index (κ1) is 19.2. The summed E-state index contributed by atoms with van der Waals surface area (Å²) in [7, 11) is 1.62. The lowest BCUT2D eigenvalue weighted by molar-refractivity contribution is -0.114. The largest absolute Gasteiger partial charge is 0.490 e. The maximum atomic E-state index is 12.2. The second-order valence-corrected chi connectivity index (χ2v) is 7.48. The molecule has 0 heterocycles. The van der Waals surface area contributed by atoms with Gasteiger partial charge >= 0.3 is 0 Å². The molecule has 1 aliphatic rings. The summed E-state index contributed by atoms with van der Waals surface area (Å²) in [5.74, 6) is 1.54. The molecule has 5 heteroatoms. The average Bonchev–Trinajstić information content (AvgIpc) is 2.72. The molecule has 144 valence electrons. The van der Waals surface area contributed by atoms with Gasteiger partial charge in [0.2, 0.25) is 0 Å². The fourth-order valence-electron chi connectivity index (χ4n) is 4.00. The maximum absolute atomic E-state index is 12.2. The Labute approximate surface area is 161 Å². The molecule has 0 bridgehead atoms. The van der Waals surface area contributed by atoms with Crippen molar-refractivity contribution in [3.63, 3.8) is 0 Å². The predicted octanol–water partition coefficient (Wildman–Crippen LogP) is 3.66. The summed E-state index contributed by atoms with van der Waals surface area (Å²) in [6, 6.07) is 14.0. The molecule has 1 aliphatic carbocycles. The number of nitrogens with two attached hydrogens (primary N) is 1. The van der Waals surface area contributed by atoms with E-state index in [0.29, 0.717) is 12.3 Å². The van der Waals surface area contributed by atoms with E-state index >= 15 is 0 Å². The fourth-order valence-corrected chi connectivity index (χ4v) is 4.00. The molecular weight excluding hydrogens is 338 g/mol. The van der Waals surface area contributed by atoms with Crippen molar-refractivity contribution in [2.24, 2.45) is 16.6 Å². The average molecular weight is 367 g/mol. The van der Waals surface area contributed by atoms with E-state index in [2.05, 4.69) is 22.4 Å². The lowest BCUT2D eigenvalue weighted by atomic mass is 9.80. The van der Waals surface area contributed by atoms with Gasteiger partial charge in [-0.05, 0) is 23.8 Å². The van der Waals surface area contributed by atoms with E-state index in [0.717, 1.165) is 35.6 Å². The van der Waals surface area contributed by atoms with Gasteiger partial charge in [-0.2, -0.15) is 0 Å². The monoisotopic (exact) mass is 367 g/mol. The van der Waals surface area contributed by atoms with Crippen LogP contribution in [-0.2, 0) is 4.79 Å². The molecule has 2 aromatic rings. The Balaban J connectivity index is 1.82. The highest BCUT2D eigenvalue weighted by atomic mass is 16.5. The van der Waals surface area contributed by atoms with Gasteiger partial charge in [0.15, 0.2) is 5.96 Å². The molecule has 2 aromatic carbocycles. The highest BCUT2D eigenvalue weighted by molar-refractivity contribution is 5.88. The molecule has 0 spiro atoms. The number of aliphatic imine (C=N–C) groups is 1. The maximum Gasteiger partial charge on any atom is 0.189 e. The van der Waals surface area contributed by atoms with Crippen LogP contribution >= 0.6 is 0 Å². The summed E-state index contributed by atoms with van der Waals surface area (Å²) >= 11 is 0. The van der Waals surface area contributed by atoms with Gasteiger partial charge in [-0.15, -0.1) is 0 Å². The zero-order valence-corrected chi connectivity index (χ0v) is 16.0. The van der Waals surface area contributed by atoms with Crippen LogP contribution in [0.25, 0.3) is 10.8 Å². The van der Waals surface area contributed by atoms with Crippen LogP contribution in [0.1, 0.15) is 38.5 Å². The van der Waals surface area contributed by atoms with Gasteiger partial charge in [0.05, 0.1) is 0 Å². The van der Waals surface area contributed by atoms with Crippen molar-refractivity contribution in [1.29, 1.82) is 0 Å². The number of ether oxygens (including phenoxy) is 1. The second kappa shape index (κ2) is 8.89. The second-order valence-electron chi connectivity index (χ2n) is 7.48. The fraction of sp³-hybridized carbons (Fsp3) is 0.455. The molecule has 27 heavy (non-hydrogen) atoms. The lowest BCUT2D eigenvalue weighted by Crippen LogP contribution is -2.57. The third-order valence-electron chi connectivity index (χ3n) is 5.46. The molecule has 3 N–H and O–H groups in total. The summed E-state index contributed by atoms with van der Waals surface area (Å²) in [6.45, 7) is 0.219. The number of hydrogen-bond donors (Lipinski definition) is 2. The number of carbonyl (C=O) groups is 1. The van der Waals surface area contributed by atoms with Gasteiger partial charge in [0.1, 0.15) is 24.2 Å². The van der Waals surface area contributed by atoms with Crippen LogP contribution in [0, 0.1) is 5.92 Å². The van der Waals surface area contributed by atoms with E-state index in [4.69, 9.17) is 10.5 Å². The van der Waals surface area contributed by atoms with Crippen LogP contribution in [0.5, 0.6) is 5.75 Å². The molecule has 1 fully saturated rings. The Morgan fingerprint density at radius 1 is 1.22 bits per heavy atom. The number of rotatable bonds is 7. The standard InChI is InChI=1S/C22H29N3O2/c1-24-21(23)25-22(15-26,14-17-8-3-2-4-9-17)16-27-20-13-7-11-18-10-5-6-12-19(18)20/h5-7,10-13,15,17H,2-4,8-9,14,16H2,1H3,(H3,23,24,25). The summed E-state index contributed by atoms with van der Waals surface area (Å²) in [5.41, 5.74) is 5.05. The molecule has 1 unspecified atom stereocenters. The number of guanidine groups is 1. The first-order valence-corrected chi connectivity index (χ1v) is 9.73. The van der Waals surface area contributed by atoms with Gasteiger partial charge in [-0.25, -0.2) is 0 Å². The number of nitrogens with one attached hydrogen (secondary N) is 1. The number of aldehydes is 1. The van der Waals surface area contributed by atoms with Crippen LogP contribution in [0.3, 0.4) is 0 Å². The quantitative estimate of drug-likeness (QED) is 0.445. The zero-order chi connectivity index (χ0) is 19.1. The van der Waals surface area contributed by atoms with E-state index in [9.17, 15) is 4.79 Å². The number of nitrogens with zero attached hydrogens (tertiary/aromatic N) is 1. The number of benzene rings is 2. The van der Waals surface area contributed by atoms with Gasteiger partial charge in [0, 0.05) is 12.4 Å². The third kappa shape index (κ3) is 4.79. The van der Waals surface area contributed by atoms with Crippen LogP contribution in [0.2, 0.25) is 0 Å². The number of carbonyl (C=O) groups excluding carboxylic acids is 1. The Morgan fingerprint density at radius 2 is 1.96 bits per heavy atom. The Kier molecular flexibility index (Phi) is 6.32. The molecule has 0 amide bonds. The van der Waals surface area contributed by atoms with Crippen LogP contribution < -0.4 is 15.8 Å². The first-order valence-electron chi connectivity index (χ1n) is 9.73. The number of hydrogen-bond acceptors (Lipinski definition) is 3. The van der Waals surface area contributed by atoms with Crippen molar-refractivity contribution in [2.75, 3.05) is 13.7 Å². The van der Waals surface area contributed by atoms with Gasteiger partial charge in [-0.3, -0.25) is 4.99 Å². The van der Waals surface area contributed by atoms with E-state index in [-0.39, 0.29) is 12.6 Å². The summed E-state index contributed by atoms with van der Waals surface area (Å²) in [6.07, 6.45) is 7.68. The summed E-state index contributed by atoms with van der Waals surface area (Å²) in [4.78, 5) is 16.2. The van der Waals surface area contributed by atoms with Crippen LogP contribution in [0.4, 0.5) is 0 Å². The predicted molar refractivity (Wildman–Crippen MR) is 110 cm³/mol. The zero-order valence-electron chi connectivity index (χ0n) is 16.0. The molecule has 1 atom stereocenters. The Morgan fingerprint density at radius 3 is 2.70 bits per heavy atom. The summed E-state index contributed by atoms with van der Waals surface area (Å²) in [5, 5.41) is 5.28. The molecule has 5 nitrogen and oxygen atoms in total. The van der Waals surface area contributed by atoms with Crippen LogP contribution in [0.15, 0.2) is 47.5 Å². The van der Waals surface area contributed by atoms with Crippen molar-refractivity contribution in [3.8, 4) is 5.75 Å². The van der Waals surface area contributed by atoms with Gasteiger partial charge in [-0.1, -0.05) is 68.5 Å². The first-order chi connectivity index (χ1) is 13.2. The minimum Gasteiger partial charge on any atom is -0.490 e. The van der Waals surface area contributed by atoms with Crippen molar-refractivity contribution in [2.45, 2.75) is 44.1 Å². The van der Waals surface area contributed by atoms with Crippen LogP contribution in [-0.4, -0.2) is 31.4 Å². The molecule has 1 saturated carbocycles. The van der Waals surface area contributed by atoms with Crippen molar-refractivity contribution >= 4 is 23.0 Å². The third-order valence-corrected chi connectivity index (χ3v) is 5.46. The smallest absolute Gasteiger partial charge is 0.189 e. The highest BCUT2D eigenvalue weighted by Gasteiger charge is 2.35. The molecule has 0 radical (unpaired) electrons. The Bertz CT molecular complexity index is 794. The van der Waals surface area contributed by atoms with E-state index in [1.807, 2.05) is 30.3 Å². The van der Waals surface area contributed by atoms with E-state index < -0.39 is 5.54 Å². The highest BCUT2D eigenvalue weighted by Crippen LogP contribution is 2.31. The molecule has 0 aliphatic heterocycles. The minimum absolute atomic E-state index is 0.219. The summed E-state index contributed by atoms with van der Waals surface area (Å²) < 4.78 is 6.16. The minimum atomic E-state index is -0.872. The van der Waals surface area contributed by atoms with Crippen molar-refractivity contribution in [3.05, 3.63) is 42.5 Å². The van der Waals surface area contributed by atoms with Gasteiger partial charge < -0.3 is 20.6 Å². The number of fused-ring (bicyclic) bond motifs is 1. The molecular formula is C22H29N3O2. The lowest BCUT2D eigenvalue weighted by Gasteiger charge is -2.34. The van der Waals surface area contributed by atoms with E-state index in [1.54, 1.807) is 7.05 Å². The van der Waals surface area contributed by atoms with Crippen molar-refractivity contribution < 1.29 is 9.53 Å². The Hall–Kier alpha value is -2.56. The van der Waals surface area contributed by atoms with Crippen molar-refractivity contribution in [1.82, 2.24) is 5.32 Å². The molecule has 0 aromatic heterocycles. The normalized spacial score (nSPS) is 18.0.